The van der Waals surface area contributed by atoms with Gasteiger partial charge in [-0.3, -0.25) is 4.79 Å². The highest BCUT2D eigenvalue weighted by molar-refractivity contribution is 5.77. The molecule has 3 atom stereocenters. The van der Waals surface area contributed by atoms with Gasteiger partial charge in [0.25, 0.3) is 0 Å². The van der Waals surface area contributed by atoms with Crippen molar-refractivity contribution in [1.82, 2.24) is 10.2 Å². The van der Waals surface area contributed by atoms with E-state index < -0.39 is 0 Å². The highest BCUT2D eigenvalue weighted by atomic mass is 16.5. The van der Waals surface area contributed by atoms with Crippen molar-refractivity contribution in [2.24, 2.45) is 0 Å². The number of nitrogens with one attached hydrogen (secondary N) is 1. The number of nitrogens with zero attached hydrogens (tertiary/aromatic N) is 1. The summed E-state index contributed by atoms with van der Waals surface area (Å²) in [6, 6.07) is 0.679. The van der Waals surface area contributed by atoms with Crippen LogP contribution in [0.4, 0.5) is 0 Å². The zero-order valence-electron chi connectivity index (χ0n) is 10.9. The first-order valence-corrected chi connectivity index (χ1v) is 6.85. The molecule has 2 rings (SSSR count). The van der Waals surface area contributed by atoms with E-state index in [2.05, 4.69) is 12.2 Å². The second-order valence-corrected chi connectivity index (χ2v) is 5.25. The van der Waals surface area contributed by atoms with Gasteiger partial charge in [0.1, 0.15) is 0 Å². The van der Waals surface area contributed by atoms with Crippen molar-refractivity contribution in [1.29, 1.82) is 0 Å². The average Bonchev–Trinajstić information content (AvgIpc) is 2.81. The van der Waals surface area contributed by atoms with Crippen LogP contribution in [0.25, 0.3) is 0 Å². The molecule has 0 saturated carbocycles. The Bertz CT molecular complexity index is 264. The largest absolute Gasteiger partial charge is 0.375 e. The second kappa shape index (κ2) is 5.83. The highest BCUT2D eigenvalue weighted by Gasteiger charge is 2.30. The number of hydrogen-bond donors (Lipinski definition) is 1. The summed E-state index contributed by atoms with van der Waals surface area (Å²) in [4.78, 5) is 14.3. The number of carbonyl (C=O) groups is 1. The molecule has 2 fully saturated rings. The van der Waals surface area contributed by atoms with Crippen LogP contribution in [0.3, 0.4) is 0 Å². The van der Waals surface area contributed by atoms with Gasteiger partial charge in [-0.1, -0.05) is 6.92 Å². The first-order valence-electron chi connectivity index (χ1n) is 6.85. The maximum atomic E-state index is 12.3. The van der Waals surface area contributed by atoms with E-state index in [0.717, 1.165) is 25.9 Å². The summed E-state index contributed by atoms with van der Waals surface area (Å²) in [6.45, 7) is 6.68. The molecule has 2 heterocycles. The summed E-state index contributed by atoms with van der Waals surface area (Å²) < 4.78 is 5.62. The van der Waals surface area contributed by atoms with E-state index in [1.807, 2.05) is 11.8 Å². The molecule has 0 aliphatic carbocycles. The van der Waals surface area contributed by atoms with E-state index in [4.69, 9.17) is 4.74 Å². The third kappa shape index (κ3) is 3.19. The third-order valence-electron chi connectivity index (χ3n) is 3.84. The monoisotopic (exact) mass is 240 g/mol. The Balaban J connectivity index is 1.90. The summed E-state index contributed by atoms with van der Waals surface area (Å²) in [5, 5.41) is 3.39. The van der Waals surface area contributed by atoms with Gasteiger partial charge in [-0.05, 0) is 32.7 Å². The van der Waals surface area contributed by atoms with Crippen LogP contribution in [0.5, 0.6) is 0 Å². The Morgan fingerprint density at radius 1 is 1.53 bits per heavy atom. The lowest BCUT2D eigenvalue weighted by molar-refractivity contribution is -0.144. The van der Waals surface area contributed by atoms with Crippen LogP contribution in [-0.2, 0) is 9.53 Å². The molecule has 0 aromatic heterocycles. The van der Waals surface area contributed by atoms with Gasteiger partial charge in [-0.15, -0.1) is 0 Å². The predicted molar refractivity (Wildman–Crippen MR) is 66.8 cm³/mol. The Hall–Kier alpha value is -0.610. The maximum absolute atomic E-state index is 12.3. The van der Waals surface area contributed by atoms with Gasteiger partial charge < -0.3 is 15.0 Å². The zero-order chi connectivity index (χ0) is 12.3. The number of rotatable bonds is 3. The first kappa shape index (κ1) is 12.8. The number of hydrogen-bond acceptors (Lipinski definition) is 3. The minimum Gasteiger partial charge on any atom is -0.375 e. The molecular formula is C13H24N2O2. The molecular weight excluding hydrogens is 216 g/mol. The molecule has 2 aliphatic heterocycles. The molecule has 0 spiro atoms. The van der Waals surface area contributed by atoms with Gasteiger partial charge in [0.15, 0.2) is 0 Å². The molecule has 2 aliphatic rings. The van der Waals surface area contributed by atoms with Crippen LogP contribution >= 0.6 is 0 Å². The standard InChI is InChI=1S/C13H24N2O2/c1-3-12-9-17-10(2)8-15(12)13(16)7-11-5-4-6-14-11/h10-12,14H,3-9H2,1-2H3. The van der Waals surface area contributed by atoms with E-state index in [1.54, 1.807) is 0 Å². The van der Waals surface area contributed by atoms with Crippen LogP contribution in [0.2, 0.25) is 0 Å². The fourth-order valence-electron chi connectivity index (χ4n) is 2.75. The van der Waals surface area contributed by atoms with Crippen molar-refractivity contribution >= 4 is 5.91 Å². The lowest BCUT2D eigenvalue weighted by Gasteiger charge is -2.38. The number of morpholine rings is 1. The Morgan fingerprint density at radius 3 is 3.00 bits per heavy atom. The van der Waals surface area contributed by atoms with E-state index in [0.29, 0.717) is 25.0 Å². The summed E-state index contributed by atoms with van der Waals surface area (Å²) in [5.74, 6) is 0.298. The van der Waals surface area contributed by atoms with Crippen LogP contribution in [-0.4, -0.2) is 48.7 Å². The summed E-state index contributed by atoms with van der Waals surface area (Å²) in [5.41, 5.74) is 0. The van der Waals surface area contributed by atoms with E-state index >= 15 is 0 Å². The highest BCUT2D eigenvalue weighted by Crippen LogP contribution is 2.18. The molecule has 4 heteroatoms. The second-order valence-electron chi connectivity index (χ2n) is 5.25. The van der Waals surface area contributed by atoms with Crippen LogP contribution in [0.15, 0.2) is 0 Å². The molecule has 3 unspecified atom stereocenters. The van der Waals surface area contributed by atoms with E-state index in [-0.39, 0.29) is 12.1 Å². The van der Waals surface area contributed by atoms with Crippen molar-refractivity contribution in [2.45, 2.75) is 57.7 Å². The van der Waals surface area contributed by atoms with Gasteiger partial charge in [0.05, 0.1) is 18.8 Å². The molecule has 0 aromatic carbocycles. The van der Waals surface area contributed by atoms with E-state index in [9.17, 15) is 4.79 Å². The van der Waals surface area contributed by atoms with Crippen molar-refractivity contribution in [2.75, 3.05) is 19.7 Å². The smallest absolute Gasteiger partial charge is 0.224 e. The summed E-state index contributed by atoms with van der Waals surface area (Å²) in [6.07, 6.45) is 4.16. The molecule has 17 heavy (non-hydrogen) atoms. The molecule has 2 saturated heterocycles. The molecule has 0 bridgehead atoms. The van der Waals surface area contributed by atoms with Crippen molar-refractivity contribution in [3.63, 3.8) is 0 Å². The molecule has 98 valence electrons. The molecule has 1 amide bonds. The van der Waals surface area contributed by atoms with E-state index in [1.165, 1.54) is 6.42 Å². The minimum absolute atomic E-state index is 0.179. The van der Waals surface area contributed by atoms with Crippen molar-refractivity contribution in [3.05, 3.63) is 0 Å². The van der Waals surface area contributed by atoms with Gasteiger partial charge in [-0.2, -0.15) is 0 Å². The van der Waals surface area contributed by atoms with Crippen molar-refractivity contribution in [3.8, 4) is 0 Å². The minimum atomic E-state index is 0.179. The first-order chi connectivity index (χ1) is 8.20. The zero-order valence-corrected chi connectivity index (χ0v) is 10.9. The maximum Gasteiger partial charge on any atom is 0.224 e. The van der Waals surface area contributed by atoms with Crippen LogP contribution in [0, 0.1) is 0 Å². The number of ether oxygens (including phenoxy) is 1. The third-order valence-corrected chi connectivity index (χ3v) is 3.84. The topological polar surface area (TPSA) is 41.6 Å². The predicted octanol–water partition coefficient (Wildman–Crippen LogP) is 1.15. The normalized spacial score (nSPS) is 34.0. The number of amides is 1. The number of carbonyl (C=O) groups excluding carboxylic acids is 1. The summed E-state index contributed by atoms with van der Waals surface area (Å²) in [7, 11) is 0. The molecule has 4 nitrogen and oxygen atoms in total. The fourth-order valence-corrected chi connectivity index (χ4v) is 2.75. The van der Waals surface area contributed by atoms with Gasteiger partial charge in [0, 0.05) is 19.0 Å². The molecule has 0 aromatic rings. The molecule has 1 N–H and O–H groups in total. The van der Waals surface area contributed by atoms with Crippen LogP contribution < -0.4 is 5.32 Å². The Labute approximate surface area is 104 Å². The Morgan fingerprint density at radius 2 is 2.35 bits per heavy atom. The van der Waals surface area contributed by atoms with Gasteiger partial charge in [0.2, 0.25) is 5.91 Å². The lowest BCUT2D eigenvalue weighted by Crippen LogP contribution is -2.52. The van der Waals surface area contributed by atoms with Gasteiger partial charge in [-0.25, -0.2) is 0 Å². The van der Waals surface area contributed by atoms with Crippen molar-refractivity contribution < 1.29 is 9.53 Å². The SMILES string of the molecule is CCC1COC(C)CN1C(=O)CC1CCCN1. The van der Waals surface area contributed by atoms with Crippen LogP contribution in [0.1, 0.15) is 39.5 Å². The van der Waals surface area contributed by atoms with Gasteiger partial charge >= 0.3 is 0 Å². The molecule has 0 radical (unpaired) electrons. The lowest BCUT2D eigenvalue weighted by atomic mass is 10.1. The summed E-state index contributed by atoms with van der Waals surface area (Å²) >= 11 is 0. The quantitative estimate of drug-likeness (QED) is 0.804. The fraction of sp³-hybridized carbons (Fsp3) is 0.923. The average molecular weight is 240 g/mol. The Kier molecular flexibility index (Phi) is 4.40.